The highest BCUT2D eigenvalue weighted by Gasteiger charge is 2.32. The van der Waals surface area contributed by atoms with Gasteiger partial charge in [-0.25, -0.2) is 0 Å². The molecule has 1 saturated heterocycles. The highest BCUT2D eigenvalue weighted by molar-refractivity contribution is 6.08. The molecule has 2 rings (SSSR count). The van der Waals surface area contributed by atoms with Crippen molar-refractivity contribution in [2.24, 2.45) is 5.92 Å². The van der Waals surface area contributed by atoms with Gasteiger partial charge in [-0.1, -0.05) is 12.1 Å². The van der Waals surface area contributed by atoms with E-state index in [0.717, 1.165) is 17.7 Å². The molecule has 1 aromatic carbocycles. The van der Waals surface area contributed by atoms with E-state index >= 15 is 0 Å². The summed E-state index contributed by atoms with van der Waals surface area (Å²) in [6.07, 6.45) is 1.58. The Bertz CT molecular complexity index is 453. The van der Waals surface area contributed by atoms with Gasteiger partial charge in [-0.3, -0.25) is 9.59 Å². The minimum atomic E-state index is -0.440. The number of hydrogen-bond acceptors (Lipinski definition) is 2. The summed E-state index contributed by atoms with van der Waals surface area (Å²) in [7, 11) is 0. The van der Waals surface area contributed by atoms with Gasteiger partial charge in [-0.15, -0.1) is 0 Å². The largest absolute Gasteiger partial charge is 0.312 e. The number of amides is 1. The smallest absolute Gasteiger partial charge is 0.237 e. The number of hydrogen-bond donors (Lipinski definition) is 0. The van der Waals surface area contributed by atoms with Gasteiger partial charge >= 0.3 is 0 Å². The maximum atomic E-state index is 12.2. The number of carbonyl (C=O) groups excluding carboxylic acids is 2. The minimum Gasteiger partial charge on any atom is -0.312 e. The SMILES string of the molecule is CC(=O)C1CCCN(c2cccc(C)c2)C1=O. The molecule has 1 unspecified atom stereocenters. The summed E-state index contributed by atoms with van der Waals surface area (Å²) in [6, 6.07) is 7.85. The highest BCUT2D eigenvalue weighted by atomic mass is 16.2. The van der Waals surface area contributed by atoms with Crippen LogP contribution in [0.5, 0.6) is 0 Å². The van der Waals surface area contributed by atoms with E-state index < -0.39 is 5.92 Å². The van der Waals surface area contributed by atoms with E-state index in [0.29, 0.717) is 13.0 Å². The summed E-state index contributed by atoms with van der Waals surface area (Å²) in [5.74, 6) is -0.508. The van der Waals surface area contributed by atoms with Gasteiger partial charge in [0.05, 0.1) is 5.92 Å². The van der Waals surface area contributed by atoms with Crippen LogP contribution in [0.2, 0.25) is 0 Å². The first-order valence-electron chi connectivity index (χ1n) is 5.98. The molecule has 0 N–H and O–H groups in total. The van der Waals surface area contributed by atoms with Gasteiger partial charge in [0.15, 0.2) is 0 Å². The summed E-state index contributed by atoms with van der Waals surface area (Å²) in [6.45, 7) is 4.22. The predicted octanol–water partition coefficient (Wildman–Crippen LogP) is 2.33. The Balaban J connectivity index is 2.27. The van der Waals surface area contributed by atoms with E-state index in [1.165, 1.54) is 6.92 Å². The number of nitrogens with zero attached hydrogens (tertiary/aromatic N) is 1. The zero-order valence-corrected chi connectivity index (χ0v) is 10.3. The van der Waals surface area contributed by atoms with Crippen molar-refractivity contribution in [3.8, 4) is 0 Å². The number of carbonyl (C=O) groups is 2. The van der Waals surface area contributed by atoms with Crippen molar-refractivity contribution in [2.45, 2.75) is 26.7 Å². The zero-order chi connectivity index (χ0) is 12.4. The van der Waals surface area contributed by atoms with Crippen LogP contribution in [0, 0.1) is 12.8 Å². The first-order chi connectivity index (χ1) is 8.09. The van der Waals surface area contributed by atoms with Crippen LogP contribution >= 0.6 is 0 Å². The van der Waals surface area contributed by atoms with Crippen molar-refractivity contribution >= 4 is 17.4 Å². The van der Waals surface area contributed by atoms with Gasteiger partial charge < -0.3 is 4.90 Å². The molecular weight excluding hydrogens is 214 g/mol. The Hall–Kier alpha value is -1.64. The normalized spacial score (nSPS) is 20.5. The van der Waals surface area contributed by atoms with Crippen molar-refractivity contribution in [1.82, 2.24) is 0 Å². The third-order valence-electron chi connectivity index (χ3n) is 3.24. The Labute approximate surface area is 101 Å². The molecule has 0 aliphatic carbocycles. The number of benzene rings is 1. The van der Waals surface area contributed by atoms with Crippen molar-refractivity contribution in [1.29, 1.82) is 0 Å². The Kier molecular flexibility index (Phi) is 3.27. The van der Waals surface area contributed by atoms with Crippen LogP contribution in [0.25, 0.3) is 0 Å². The van der Waals surface area contributed by atoms with E-state index in [9.17, 15) is 9.59 Å². The van der Waals surface area contributed by atoms with Gasteiger partial charge in [0, 0.05) is 12.2 Å². The van der Waals surface area contributed by atoms with E-state index in [1.807, 2.05) is 31.2 Å². The number of ketones is 1. The van der Waals surface area contributed by atoms with E-state index in [1.54, 1.807) is 4.90 Å². The third kappa shape index (κ3) is 2.38. The first kappa shape index (κ1) is 11.8. The summed E-state index contributed by atoms with van der Waals surface area (Å²) in [5, 5.41) is 0. The standard InChI is InChI=1S/C14H17NO2/c1-10-5-3-6-12(9-10)15-8-4-7-13(11(2)16)14(15)17/h3,5-6,9,13H,4,7-8H2,1-2H3. The van der Waals surface area contributed by atoms with Crippen molar-refractivity contribution in [3.05, 3.63) is 29.8 Å². The molecular formula is C14H17NO2. The molecule has 90 valence electrons. The topological polar surface area (TPSA) is 37.4 Å². The molecule has 1 aliphatic rings. The Morgan fingerprint density at radius 3 is 2.82 bits per heavy atom. The summed E-state index contributed by atoms with van der Waals surface area (Å²) >= 11 is 0. The van der Waals surface area contributed by atoms with Gasteiger partial charge in [0.1, 0.15) is 5.78 Å². The lowest BCUT2D eigenvalue weighted by Gasteiger charge is -2.31. The lowest BCUT2D eigenvalue weighted by Crippen LogP contribution is -2.43. The predicted molar refractivity (Wildman–Crippen MR) is 66.9 cm³/mol. The molecule has 0 radical (unpaired) electrons. The van der Waals surface area contributed by atoms with Crippen molar-refractivity contribution in [3.63, 3.8) is 0 Å². The van der Waals surface area contributed by atoms with E-state index in [4.69, 9.17) is 0 Å². The molecule has 0 aromatic heterocycles. The zero-order valence-electron chi connectivity index (χ0n) is 10.3. The molecule has 3 heteroatoms. The van der Waals surface area contributed by atoms with Crippen molar-refractivity contribution < 1.29 is 9.59 Å². The molecule has 1 amide bonds. The fraction of sp³-hybridized carbons (Fsp3) is 0.429. The maximum Gasteiger partial charge on any atom is 0.237 e. The van der Waals surface area contributed by atoms with Crippen LogP contribution in [-0.2, 0) is 9.59 Å². The molecule has 0 bridgehead atoms. The van der Waals surface area contributed by atoms with Crippen LogP contribution < -0.4 is 4.90 Å². The number of aryl methyl sites for hydroxylation is 1. The highest BCUT2D eigenvalue weighted by Crippen LogP contribution is 2.25. The molecule has 1 aromatic rings. The molecule has 0 saturated carbocycles. The second kappa shape index (κ2) is 4.70. The number of rotatable bonds is 2. The maximum absolute atomic E-state index is 12.2. The monoisotopic (exact) mass is 231 g/mol. The van der Waals surface area contributed by atoms with Crippen LogP contribution in [0.3, 0.4) is 0 Å². The molecule has 1 heterocycles. The average Bonchev–Trinajstić information content (AvgIpc) is 2.29. The average molecular weight is 231 g/mol. The minimum absolute atomic E-state index is 0.0210. The summed E-state index contributed by atoms with van der Waals surface area (Å²) in [5.41, 5.74) is 2.03. The van der Waals surface area contributed by atoms with Gasteiger partial charge in [0.25, 0.3) is 0 Å². The summed E-state index contributed by atoms with van der Waals surface area (Å²) in [4.78, 5) is 25.3. The molecule has 3 nitrogen and oxygen atoms in total. The summed E-state index contributed by atoms with van der Waals surface area (Å²) < 4.78 is 0. The molecule has 0 spiro atoms. The fourth-order valence-corrected chi connectivity index (χ4v) is 2.30. The fourth-order valence-electron chi connectivity index (χ4n) is 2.30. The van der Waals surface area contributed by atoms with Gasteiger partial charge in [0.2, 0.25) is 5.91 Å². The second-order valence-electron chi connectivity index (χ2n) is 4.63. The quantitative estimate of drug-likeness (QED) is 0.732. The van der Waals surface area contributed by atoms with Gasteiger partial charge in [-0.2, -0.15) is 0 Å². The first-order valence-corrected chi connectivity index (χ1v) is 5.98. The lowest BCUT2D eigenvalue weighted by atomic mass is 9.93. The number of piperidine rings is 1. The molecule has 1 aliphatic heterocycles. The number of anilines is 1. The van der Waals surface area contributed by atoms with Crippen LogP contribution in [-0.4, -0.2) is 18.2 Å². The third-order valence-corrected chi connectivity index (χ3v) is 3.24. The molecule has 17 heavy (non-hydrogen) atoms. The van der Waals surface area contributed by atoms with E-state index in [2.05, 4.69) is 0 Å². The molecule has 1 atom stereocenters. The molecule has 1 fully saturated rings. The second-order valence-corrected chi connectivity index (χ2v) is 4.63. The number of Topliss-reactive ketones (excluding diaryl/α,β-unsaturated/α-hetero) is 1. The van der Waals surface area contributed by atoms with Crippen LogP contribution in [0.4, 0.5) is 5.69 Å². The van der Waals surface area contributed by atoms with Crippen LogP contribution in [0.1, 0.15) is 25.3 Å². The van der Waals surface area contributed by atoms with E-state index in [-0.39, 0.29) is 11.7 Å². The lowest BCUT2D eigenvalue weighted by molar-refractivity contribution is -0.132. The van der Waals surface area contributed by atoms with Crippen LogP contribution in [0.15, 0.2) is 24.3 Å². The van der Waals surface area contributed by atoms with Crippen molar-refractivity contribution in [2.75, 3.05) is 11.4 Å². The van der Waals surface area contributed by atoms with Gasteiger partial charge in [-0.05, 0) is 44.4 Å². The Morgan fingerprint density at radius 2 is 2.18 bits per heavy atom. The Morgan fingerprint density at radius 1 is 1.41 bits per heavy atom.